The van der Waals surface area contributed by atoms with Crippen molar-refractivity contribution in [2.45, 2.75) is 30.7 Å². The van der Waals surface area contributed by atoms with Gasteiger partial charge in [0.05, 0.1) is 4.90 Å². The fourth-order valence-corrected chi connectivity index (χ4v) is 4.21. The van der Waals surface area contributed by atoms with Gasteiger partial charge in [-0.05, 0) is 37.5 Å². The van der Waals surface area contributed by atoms with Gasteiger partial charge in [0.25, 0.3) is 0 Å². The van der Waals surface area contributed by atoms with Gasteiger partial charge < -0.3 is 10.5 Å². The van der Waals surface area contributed by atoms with E-state index < -0.39 is 10.0 Å². The molecule has 5 nitrogen and oxygen atoms in total. The number of hydrogen-bond acceptors (Lipinski definition) is 4. The lowest BCUT2D eigenvalue weighted by molar-refractivity contribution is 0.0632. The molecule has 1 aliphatic rings. The number of hydrogen-bond donors (Lipinski definition) is 1. The fourth-order valence-electron chi connectivity index (χ4n) is 2.48. The Morgan fingerprint density at radius 2 is 2.00 bits per heavy atom. The Labute approximate surface area is 131 Å². The Kier molecular flexibility index (Phi) is 4.98. The molecule has 116 valence electrons. The second kappa shape index (κ2) is 6.39. The van der Waals surface area contributed by atoms with Crippen LogP contribution in [0.25, 0.3) is 0 Å². The minimum atomic E-state index is -3.51. The van der Waals surface area contributed by atoms with Crippen molar-refractivity contribution in [3.8, 4) is 0 Å². The first-order valence-corrected chi connectivity index (χ1v) is 8.65. The molecule has 0 radical (unpaired) electrons. The van der Waals surface area contributed by atoms with Crippen LogP contribution in [-0.4, -0.2) is 44.0 Å². The maximum Gasteiger partial charge on any atom is 0.243 e. The van der Waals surface area contributed by atoms with Crippen molar-refractivity contribution in [1.29, 1.82) is 0 Å². The highest BCUT2D eigenvalue weighted by atomic mass is 32.2. The number of nitrogens with two attached hydrogens (primary N) is 1. The summed E-state index contributed by atoms with van der Waals surface area (Å²) in [5.41, 5.74) is 7.08. The van der Waals surface area contributed by atoms with Crippen molar-refractivity contribution in [1.82, 2.24) is 4.31 Å². The molecule has 0 saturated carbocycles. The van der Waals surface area contributed by atoms with Crippen molar-refractivity contribution in [2.24, 2.45) is 5.73 Å². The normalized spacial score (nSPS) is 17.1. The number of nitrogens with zero attached hydrogens (tertiary/aromatic N) is 1. The Hall–Kier alpha value is -1.02. The number of benzene rings is 1. The van der Waals surface area contributed by atoms with Gasteiger partial charge in [-0.15, -0.1) is 0 Å². The zero-order valence-corrected chi connectivity index (χ0v) is 13.8. The average molecular weight is 328 g/mol. The second-order valence-electron chi connectivity index (χ2n) is 5.21. The quantitative estimate of drug-likeness (QED) is 0.847. The molecule has 1 saturated heterocycles. The monoisotopic (exact) mass is 328 g/mol. The van der Waals surface area contributed by atoms with E-state index in [0.717, 1.165) is 18.4 Å². The molecule has 1 fully saturated rings. The molecule has 0 aromatic heterocycles. The van der Waals surface area contributed by atoms with Crippen molar-refractivity contribution < 1.29 is 13.2 Å². The molecule has 1 aromatic carbocycles. The Morgan fingerprint density at radius 1 is 1.38 bits per heavy atom. The van der Waals surface area contributed by atoms with Crippen molar-refractivity contribution in [3.63, 3.8) is 0 Å². The van der Waals surface area contributed by atoms with Crippen LogP contribution in [0, 0.1) is 6.92 Å². The molecule has 0 amide bonds. The molecule has 21 heavy (non-hydrogen) atoms. The minimum absolute atomic E-state index is 0.0145. The van der Waals surface area contributed by atoms with Crippen LogP contribution in [0.5, 0.6) is 0 Å². The Balaban J connectivity index is 2.30. The topological polar surface area (TPSA) is 72.6 Å². The molecule has 0 aliphatic carbocycles. The predicted octanol–water partition coefficient (Wildman–Crippen LogP) is 1.43. The van der Waals surface area contributed by atoms with E-state index in [2.05, 4.69) is 0 Å². The third-order valence-corrected chi connectivity index (χ3v) is 5.97. The maximum atomic E-state index is 12.7. The van der Waals surface area contributed by atoms with Crippen LogP contribution >= 0.6 is 12.2 Å². The minimum Gasteiger partial charge on any atom is -0.389 e. The number of rotatable bonds is 4. The first-order valence-electron chi connectivity index (χ1n) is 6.80. The lowest BCUT2D eigenvalue weighted by Gasteiger charge is -2.30. The summed E-state index contributed by atoms with van der Waals surface area (Å²) in [6, 6.07) is 4.84. The lowest BCUT2D eigenvalue weighted by atomic mass is 10.1. The van der Waals surface area contributed by atoms with Gasteiger partial charge in [-0.3, -0.25) is 0 Å². The number of sulfonamides is 1. The fraction of sp³-hybridized carbons (Fsp3) is 0.500. The number of aryl methyl sites for hydroxylation is 1. The highest BCUT2D eigenvalue weighted by Crippen LogP contribution is 2.23. The lowest BCUT2D eigenvalue weighted by Crippen LogP contribution is -2.40. The van der Waals surface area contributed by atoms with Crippen molar-refractivity contribution >= 4 is 27.2 Å². The van der Waals surface area contributed by atoms with Gasteiger partial charge in [0.1, 0.15) is 4.99 Å². The van der Waals surface area contributed by atoms with E-state index in [1.54, 1.807) is 25.2 Å². The molecule has 2 N–H and O–H groups in total. The molecule has 0 bridgehead atoms. The van der Waals surface area contributed by atoms with E-state index in [1.807, 2.05) is 6.92 Å². The summed E-state index contributed by atoms with van der Waals surface area (Å²) in [6.45, 7) is 3.01. The smallest absolute Gasteiger partial charge is 0.243 e. The molecule has 2 rings (SSSR count). The van der Waals surface area contributed by atoms with Gasteiger partial charge in [-0.25, -0.2) is 8.42 Å². The van der Waals surface area contributed by atoms with Gasteiger partial charge >= 0.3 is 0 Å². The first kappa shape index (κ1) is 16.4. The molecule has 0 atom stereocenters. The summed E-state index contributed by atoms with van der Waals surface area (Å²) in [6.07, 6.45) is 1.44. The van der Waals surface area contributed by atoms with Crippen LogP contribution in [-0.2, 0) is 14.8 Å². The third-order valence-electron chi connectivity index (χ3n) is 3.85. The molecular weight excluding hydrogens is 308 g/mol. The average Bonchev–Trinajstić information content (AvgIpc) is 2.46. The first-order chi connectivity index (χ1) is 9.84. The molecular formula is C14H20N2O3S2. The largest absolute Gasteiger partial charge is 0.389 e. The highest BCUT2D eigenvalue weighted by Gasteiger charge is 2.29. The standard InChI is InChI=1S/C14H20N2O3S2/c1-10-9-12(3-4-13(10)14(15)20)21(17,18)16(2)11-5-7-19-8-6-11/h3-4,9,11H,5-8H2,1-2H3,(H2,15,20). The van der Waals surface area contributed by atoms with E-state index in [-0.39, 0.29) is 15.9 Å². The predicted molar refractivity (Wildman–Crippen MR) is 85.9 cm³/mol. The Morgan fingerprint density at radius 3 is 2.52 bits per heavy atom. The zero-order chi connectivity index (χ0) is 15.6. The molecule has 1 heterocycles. The summed E-state index contributed by atoms with van der Waals surface area (Å²) in [5, 5.41) is 0. The van der Waals surface area contributed by atoms with Crippen LogP contribution in [0.4, 0.5) is 0 Å². The van der Waals surface area contributed by atoms with Crippen LogP contribution < -0.4 is 5.73 Å². The van der Waals surface area contributed by atoms with Gasteiger partial charge in [0.2, 0.25) is 10.0 Å². The summed E-state index contributed by atoms with van der Waals surface area (Å²) in [4.78, 5) is 0.545. The summed E-state index contributed by atoms with van der Waals surface area (Å²) in [5.74, 6) is 0. The van der Waals surface area contributed by atoms with Crippen LogP contribution in [0.1, 0.15) is 24.0 Å². The second-order valence-corrected chi connectivity index (χ2v) is 7.64. The summed E-state index contributed by atoms with van der Waals surface area (Å²) >= 11 is 4.94. The van der Waals surface area contributed by atoms with Gasteiger partial charge in [-0.1, -0.05) is 18.3 Å². The van der Waals surface area contributed by atoms with Crippen LogP contribution in [0.3, 0.4) is 0 Å². The van der Waals surface area contributed by atoms with Gasteiger partial charge in [-0.2, -0.15) is 4.31 Å². The molecule has 1 aromatic rings. The molecule has 0 unspecified atom stereocenters. The summed E-state index contributed by atoms with van der Waals surface area (Å²) < 4.78 is 32.1. The van der Waals surface area contributed by atoms with Crippen molar-refractivity contribution in [3.05, 3.63) is 29.3 Å². The summed E-state index contributed by atoms with van der Waals surface area (Å²) in [7, 11) is -1.88. The van der Waals surface area contributed by atoms with E-state index in [4.69, 9.17) is 22.7 Å². The molecule has 1 aliphatic heterocycles. The number of ether oxygens (including phenoxy) is 1. The van der Waals surface area contributed by atoms with Crippen LogP contribution in [0.2, 0.25) is 0 Å². The third kappa shape index (κ3) is 3.42. The maximum absolute atomic E-state index is 12.7. The van der Waals surface area contributed by atoms with Gasteiger partial charge in [0.15, 0.2) is 0 Å². The SMILES string of the molecule is Cc1cc(S(=O)(=O)N(C)C2CCOCC2)ccc1C(N)=S. The van der Waals surface area contributed by atoms with E-state index in [0.29, 0.717) is 18.8 Å². The van der Waals surface area contributed by atoms with E-state index in [9.17, 15) is 8.42 Å². The highest BCUT2D eigenvalue weighted by molar-refractivity contribution is 7.89. The van der Waals surface area contributed by atoms with Gasteiger partial charge in [0, 0.05) is 31.9 Å². The zero-order valence-electron chi connectivity index (χ0n) is 12.2. The van der Waals surface area contributed by atoms with Crippen molar-refractivity contribution in [2.75, 3.05) is 20.3 Å². The molecule has 7 heteroatoms. The molecule has 0 spiro atoms. The Bertz CT molecular complexity index is 638. The van der Waals surface area contributed by atoms with E-state index in [1.165, 1.54) is 4.31 Å². The van der Waals surface area contributed by atoms with Crippen LogP contribution in [0.15, 0.2) is 23.1 Å². The number of thiocarbonyl (C=S) groups is 1. The van der Waals surface area contributed by atoms with E-state index >= 15 is 0 Å².